The number of carbonyl (C=O) groups is 1. The highest BCUT2D eigenvalue weighted by Gasteiger charge is 2.37. The molecule has 2 atom stereocenters. The van der Waals surface area contributed by atoms with E-state index in [4.69, 9.17) is 11.6 Å². The van der Waals surface area contributed by atoms with Gasteiger partial charge in [0.05, 0.1) is 17.3 Å². The van der Waals surface area contributed by atoms with Crippen LogP contribution >= 0.6 is 11.6 Å². The number of imidazole rings is 1. The Bertz CT molecular complexity index is 889. The van der Waals surface area contributed by atoms with Gasteiger partial charge in [-0.15, -0.1) is 0 Å². The molecule has 2 unspecified atom stereocenters. The number of ketones is 1. The first kappa shape index (κ1) is 13.4. The minimum atomic E-state index is -0.304. The largest absolute Gasteiger partial charge is 0.304 e. The minimum Gasteiger partial charge on any atom is -0.304 e. The number of hydrogen-bond acceptors (Lipinski definition) is 4. The van der Waals surface area contributed by atoms with Crippen molar-refractivity contribution < 1.29 is 4.79 Å². The van der Waals surface area contributed by atoms with Gasteiger partial charge in [-0.25, -0.2) is 9.97 Å². The van der Waals surface area contributed by atoms with Gasteiger partial charge in [0.25, 0.3) is 0 Å². The second-order valence-corrected chi connectivity index (χ2v) is 6.01. The molecule has 0 radical (unpaired) electrons. The molecule has 5 nitrogen and oxygen atoms in total. The van der Waals surface area contributed by atoms with Gasteiger partial charge in [-0.1, -0.05) is 18.5 Å². The van der Waals surface area contributed by atoms with E-state index in [-0.39, 0.29) is 17.6 Å². The molecule has 0 N–H and O–H groups in total. The van der Waals surface area contributed by atoms with E-state index in [0.29, 0.717) is 17.1 Å². The Morgan fingerprint density at radius 3 is 2.82 bits per heavy atom. The Hall–Kier alpha value is -2.27. The first-order valence-corrected chi connectivity index (χ1v) is 7.50. The maximum absolute atomic E-state index is 12.9. The van der Waals surface area contributed by atoms with E-state index < -0.39 is 0 Å². The average Bonchev–Trinajstić information content (AvgIpc) is 2.96. The lowest BCUT2D eigenvalue weighted by Gasteiger charge is -2.28. The van der Waals surface area contributed by atoms with Crippen LogP contribution in [0.5, 0.6) is 0 Å². The number of carbonyl (C=O) groups excluding carboxylic acids is 1. The van der Waals surface area contributed by atoms with Gasteiger partial charge in [-0.05, 0) is 24.5 Å². The van der Waals surface area contributed by atoms with Crippen LogP contribution in [0.15, 0.2) is 36.9 Å². The zero-order valence-corrected chi connectivity index (χ0v) is 12.7. The first-order chi connectivity index (χ1) is 10.6. The molecule has 3 aromatic rings. The molecular weight excluding hydrogens is 300 g/mol. The molecule has 0 spiro atoms. The Morgan fingerprint density at radius 1 is 1.23 bits per heavy atom. The van der Waals surface area contributed by atoms with Gasteiger partial charge in [0.1, 0.15) is 5.15 Å². The normalized spacial score (nSPS) is 21.1. The Labute approximate surface area is 132 Å². The van der Waals surface area contributed by atoms with Crippen molar-refractivity contribution in [1.29, 1.82) is 0 Å². The van der Waals surface area contributed by atoms with Crippen molar-refractivity contribution in [2.45, 2.75) is 19.3 Å². The number of fused-ring (bicyclic) bond motifs is 2. The van der Waals surface area contributed by atoms with Gasteiger partial charge >= 0.3 is 0 Å². The molecule has 0 aromatic carbocycles. The van der Waals surface area contributed by atoms with Crippen molar-refractivity contribution in [3.05, 3.63) is 59.0 Å². The average molecular weight is 313 g/mol. The number of Topliss-reactive ketones (excluding diaryl/α,β-unsaturated/α-hetero) is 1. The molecule has 6 heteroatoms. The molecule has 1 aliphatic carbocycles. The van der Waals surface area contributed by atoms with E-state index in [1.165, 1.54) is 0 Å². The monoisotopic (exact) mass is 312 g/mol. The molecule has 0 saturated heterocycles. The van der Waals surface area contributed by atoms with Crippen molar-refractivity contribution in [2.75, 3.05) is 0 Å². The predicted molar refractivity (Wildman–Crippen MR) is 82.2 cm³/mol. The van der Waals surface area contributed by atoms with Crippen LogP contribution in [0.3, 0.4) is 0 Å². The molecule has 22 heavy (non-hydrogen) atoms. The number of hydrogen-bond donors (Lipinski definition) is 0. The van der Waals surface area contributed by atoms with Crippen LogP contribution in [0.4, 0.5) is 0 Å². The second-order valence-electron chi connectivity index (χ2n) is 5.62. The minimum absolute atomic E-state index is 0.0431. The molecule has 4 rings (SSSR count). The third kappa shape index (κ3) is 1.93. The van der Waals surface area contributed by atoms with Crippen LogP contribution in [0, 0.1) is 5.92 Å². The molecule has 0 fully saturated rings. The van der Waals surface area contributed by atoms with Gasteiger partial charge in [0, 0.05) is 30.4 Å². The smallest absolute Gasteiger partial charge is 0.174 e. The summed E-state index contributed by atoms with van der Waals surface area (Å²) < 4.78 is 1.89. The van der Waals surface area contributed by atoms with Crippen molar-refractivity contribution in [1.82, 2.24) is 19.4 Å². The second kappa shape index (κ2) is 4.88. The quantitative estimate of drug-likeness (QED) is 0.648. The zero-order valence-electron chi connectivity index (χ0n) is 11.9. The summed E-state index contributed by atoms with van der Waals surface area (Å²) in [5, 5.41) is 0.422. The molecule has 0 aliphatic heterocycles. The van der Waals surface area contributed by atoms with Crippen molar-refractivity contribution >= 4 is 23.0 Å². The zero-order chi connectivity index (χ0) is 15.3. The van der Waals surface area contributed by atoms with E-state index in [1.54, 1.807) is 24.5 Å². The van der Waals surface area contributed by atoms with Gasteiger partial charge in [0.2, 0.25) is 0 Å². The number of aromatic nitrogens is 4. The summed E-state index contributed by atoms with van der Waals surface area (Å²) in [6.45, 7) is 2.04. The predicted octanol–water partition coefficient (Wildman–Crippen LogP) is 2.94. The SMILES string of the molecule is CC1Cc2nc(Cl)ccc2C(=O)C1c1nccn2ccnc12. The van der Waals surface area contributed by atoms with Gasteiger partial charge in [-0.3, -0.25) is 9.78 Å². The van der Waals surface area contributed by atoms with Crippen molar-refractivity contribution in [3.63, 3.8) is 0 Å². The highest BCUT2D eigenvalue weighted by molar-refractivity contribution is 6.29. The summed E-state index contributed by atoms with van der Waals surface area (Å²) in [5.74, 6) is -0.163. The molecule has 1 aliphatic rings. The third-order valence-corrected chi connectivity index (χ3v) is 4.42. The number of nitrogens with zero attached hydrogens (tertiary/aromatic N) is 4. The Kier molecular flexibility index (Phi) is 2.97. The maximum atomic E-state index is 12.9. The highest BCUT2D eigenvalue weighted by atomic mass is 35.5. The van der Waals surface area contributed by atoms with Crippen LogP contribution in [-0.2, 0) is 6.42 Å². The van der Waals surface area contributed by atoms with Crippen molar-refractivity contribution in [3.8, 4) is 0 Å². The van der Waals surface area contributed by atoms with E-state index >= 15 is 0 Å². The highest BCUT2D eigenvalue weighted by Crippen LogP contribution is 2.37. The van der Waals surface area contributed by atoms with E-state index in [9.17, 15) is 4.79 Å². The lowest BCUT2D eigenvalue weighted by Crippen LogP contribution is -2.30. The molecule has 0 amide bonds. The van der Waals surface area contributed by atoms with Gasteiger partial charge in [-0.2, -0.15) is 0 Å². The van der Waals surface area contributed by atoms with Crippen molar-refractivity contribution in [2.24, 2.45) is 5.92 Å². The lowest BCUT2D eigenvalue weighted by atomic mass is 9.76. The standard InChI is InChI=1S/C16H13ClN4O/c1-9-8-11-10(2-3-12(17)20-11)15(22)13(9)14-16-19-5-7-21(16)6-4-18-14/h2-7,9,13H,8H2,1H3. The Morgan fingerprint density at radius 2 is 2.00 bits per heavy atom. The number of pyridine rings is 1. The van der Waals surface area contributed by atoms with Crippen LogP contribution in [0.1, 0.15) is 34.6 Å². The molecular formula is C16H13ClN4O. The first-order valence-electron chi connectivity index (χ1n) is 7.12. The van der Waals surface area contributed by atoms with Crippen LogP contribution in [0.25, 0.3) is 5.65 Å². The molecule has 0 bridgehead atoms. The Balaban J connectivity index is 1.87. The molecule has 0 saturated carbocycles. The van der Waals surface area contributed by atoms with E-state index in [2.05, 4.69) is 15.0 Å². The molecule has 3 heterocycles. The summed E-state index contributed by atoms with van der Waals surface area (Å²) in [4.78, 5) is 26.0. The number of rotatable bonds is 1. The summed E-state index contributed by atoms with van der Waals surface area (Å²) in [5.41, 5.74) is 2.88. The van der Waals surface area contributed by atoms with Gasteiger partial charge in [0.15, 0.2) is 11.4 Å². The van der Waals surface area contributed by atoms with Crippen LogP contribution in [0.2, 0.25) is 5.15 Å². The van der Waals surface area contributed by atoms with Crippen LogP contribution in [-0.4, -0.2) is 25.1 Å². The summed E-state index contributed by atoms with van der Waals surface area (Å²) in [6, 6.07) is 3.42. The summed E-state index contributed by atoms with van der Waals surface area (Å²) in [7, 11) is 0. The fourth-order valence-electron chi connectivity index (χ4n) is 3.19. The van der Waals surface area contributed by atoms with Crippen LogP contribution < -0.4 is 0 Å². The third-order valence-electron chi connectivity index (χ3n) is 4.21. The van der Waals surface area contributed by atoms with E-state index in [1.807, 2.05) is 23.7 Å². The topological polar surface area (TPSA) is 60.2 Å². The fourth-order valence-corrected chi connectivity index (χ4v) is 3.36. The lowest BCUT2D eigenvalue weighted by molar-refractivity contribution is 0.0916. The maximum Gasteiger partial charge on any atom is 0.174 e. The van der Waals surface area contributed by atoms with Gasteiger partial charge < -0.3 is 4.40 Å². The molecule has 3 aromatic heterocycles. The summed E-state index contributed by atoms with van der Waals surface area (Å²) >= 11 is 5.94. The molecule has 110 valence electrons. The fraction of sp³-hybridized carbons (Fsp3) is 0.250. The summed E-state index contributed by atoms with van der Waals surface area (Å²) in [6.07, 6.45) is 7.82. The number of halogens is 1. The van der Waals surface area contributed by atoms with E-state index in [0.717, 1.165) is 17.0 Å².